The van der Waals surface area contributed by atoms with Crippen LogP contribution in [0, 0.1) is 5.82 Å². The molecule has 2 atom stereocenters. The number of carbonyl (C=O) groups is 2. The predicted octanol–water partition coefficient (Wildman–Crippen LogP) is 4.55. The van der Waals surface area contributed by atoms with Crippen molar-refractivity contribution in [2.24, 2.45) is 5.73 Å². The summed E-state index contributed by atoms with van der Waals surface area (Å²) in [6.45, 7) is 1.18. The van der Waals surface area contributed by atoms with Crippen LogP contribution >= 0.6 is 23.2 Å². The summed E-state index contributed by atoms with van der Waals surface area (Å²) in [5.74, 6) is -1.57. The number of halogens is 3. The number of morpholine rings is 1. The van der Waals surface area contributed by atoms with Gasteiger partial charge in [0.15, 0.2) is 5.82 Å². The van der Waals surface area contributed by atoms with E-state index in [0.29, 0.717) is 46.4 Å². The van der Waals surface area contributed by atoms with Crippen LogP contribution < -0.4 is 15.5 Å². The van der Waals surface area contributed by atoms with E-state index in [0.717, 1.165) is 6.42 Å². The van der Waals surface area contributed by atoms with Gasteiger partial charge in [-0.15, -0.1) is 0 Å². The van der Waals surface area contributed by atoms with Crippen molar-refractivity contribution in [1.29, 1.82) is 0 Å². The zero-order chi connectivity index (χ0) is 24.9. The number of aromatic nitrogens is 1. The van der Waals surface area contributed by atoms with Crippen LogP contribution in [0.4, 0.5) is 15.9 Å². The van der Waals surface area contributed by atoms with Crippen LogP contribution in [-0.4, -0.2) is 49.1 Å². The fourth-order valence-electron chi connectivity index (χ4n) is 4.62. The molecule has 2 fully saturated rings. The van der Waals surface area contributed by atoms with E-state index < -0.39 is 17.6 Å². The molecule has 1 aromatic heterocycles. The number of ether oxygens (including phenoxy) is 1. The smallest absolute Gasteiger partial charge is 0.263 e. The van der Waals surface area contributed by atoms with Crippen molar-refractivity contribution in [1.82, 2.24) is 4.98 Å². The molecule has 10 heteroatoms. The molecular weight excluding hydrogens is 494 g/mol. The number of hydrogen-bond acceptors (Lipinski definition) is 5. The van der Waals surface area contributed by atoms with Crippen LogP contribution in [0.25, 0.3) is 11.1 Å². The summed E-state index contributed by atoms with van der Waals surface area (Å²) in [4.78, 5) is 33.0. The number of pyridine rings is 1. The number of amides is 2. The topological polar surface area (TPSA) is 88.8 Å². The highest BCUT2D eigenvalue weighted by molar-refractivity contribution is 6.34. The predicted molar refractivity (Wildman–Crippen MR) is 133 cm³/mol. The first-order valence-corrected chi connectivity index (χ1v) is 11.7. The Labute approximate surface area is 211 Å². The maximum atomic E-state index is 14.5. The van der Waals surface area contributed by atoms with Gasteiger partial charge in [0, 0.05) is 41.5 Å². The summed E-state index contributed by atoms with van der Waals surface area (Å²) in [5.41, 5.74) is 7.43. The highest BCUT2D eigenvalue weighted by Gasteiger charge is 2.41. The van der Waals surface area contributed by atoms with Gasteiger partial charge in [-0.2, -0.15) is 0 Å². The maximum Gasteiger partial charge on any atom is 0.263 e. The number of anilines is 2. The average Bonchev–Trinajstić information content (AvgIpc) is 3.47. The monoisotopic (exact) mass is 514 g/mol. The van der Waals surface area contributed by atoms with E-state index >= 15 is 0 Å². The van der Waals surface area contributed by atoms with Crippen molar-refractivity contribution in [3.8, 4) is 11.1 Å². The normalized spacial score (nSPS) is 18.7. The van der Waals surface area contributed by atoms with Crippen LogP contribution in [0.15, 0.2) is 48.7 Å². The maximum absolute atomic E-state index is 14.5. The van der Waals surface area contributed by atoms with Crippen LogP contribution in [-0.2, 0) is 4.74 Å². The number of benzene rings is 2. The first-order chi connectivity index (χ1) is 16.7. The molecule has 35 heavy (non-hydrogen) atoms. The minimum Gasteiger partial charge on any atom is -0.374 e. The lowest BCUT2D eigenvalue weighted by molar-refractivity contribution is 0.0981. The molecule has 7 nitrogen and oxygen atoms in total. The molecule has 3 aromatic rings. The van der Waals surface area contributed by atoms with Crippen LogP contribution in [0.1, 0.15) is 27.1 Å². The molecule has 2 saturated heterocycles. The van der Waals surface area contributed by atoms with Crippen molar-refractivity contribution in [2.75, 3.05) is 30.0 Å². The highest BCUT2D eigenvalue weighted by Crippen LogP contribution is 2.40. The summed E-state index contributed by atoms with van der Waals surface area (Å²) in [7, 11) is 1.53. The fraction of sp³-hybridized carbons (Fsp3) is 0.240. The van der Waals surface area contributed by atoms with Crippen LogP contribution in [0.3, 0.4) is 0 Å². The van der Waals surface area contributed by atoms with Gasteiger partial charge in [0.1, 0.15) is 5.82 Å². The van der Waals surface area contributed by atoms with Crippen LogP contribution in [0.5, 0.6) is 0 Å². The van der Waals surface area contributed by atoms with E-state index in [-0.39, 0.29) is 22.7 Å². The summed E-state index contributed by atoms with van der Waals surface area (Å²) < 4.78 is 20.2. The first-order valence-electron chi connectivity index (χ1n) is 10.9. The van der Waals surface area contributed by atoms with E-state index in [9.17, 15) is 14.0 Å². The Morgan fingerprint density at radius 1 is 1.20 bits per heavy atom. The van der Waals surface area contributed by atoms with Gasteiger partial charge in [-0.05, 0) is 42.8 Å². The van der Waals surface area contributed by atoms with Gasteiger partial charge in [-0.25, -0.2) is 9.37 Å². The minimum atomic E-state index is -0.712. The number of rotatable bonds is 5. The van der Waals surface area contributed by atoms with Gasteiger partial charge < -0.3 is 15.4 Å². The standard InChI is InChI=1S/C25H21Cl2FN4O3/c1-31(25(34)22-19(27)3-2-4-20(22)28)24-21(32-11-16-9-15(32)12-35-16)8-14(10-30-24)17-7-13(23(29)33)5-6-18(17)26/h2-8,10,15-16H,9,11-12H2,1H3,(H2,29,33). The molecule has 5 rings (SSSR count). The lowest BCUT2D eigenvalue weighted by Crippen LogP contribution is -2.39. The molecular formula is C25H21Cl2FN4O3. The molecule has 0 saturated carbocycles. The fourth-order valence-corrected chi connectivity index (χ4v) is 5.09. The third-order valence-corrected chi connectivity index (χ3v) is 7.06. The summed E-state index contributed by atoms with van der Waals surface area (Å²) in [5, 5.41) is 0.438. The number of nitrogens with two attached hydrogens (primary N) is 1. The summed E-state index contributed by atoms with van der Waals surface area (Å²) in [6, 6.07) is 10.8. The molecule has 2 aliphatic rings. The van der Waals surface area contributed by atoms with Crippen LogP contribution in [0.2, 0.25) is 10.0 Å². The Bertz CT molecular complexity index is 1330. The second-order valence-corrected chi connectivity index (χ2v) is 9.40. The van der Waals surface area contributed by atoms with Crippen molar-refractivity contribution in [3.05, 3.63) is 75.7 Å². The second kappa shape index (κ2) is 9.11. The molecule has 2 aromatic carbocycles. The Morgan fingerprint density at radius 2 is 2.00 bits per heavy atom. The van der Waals surface area contributed by atoms with Gasteiger partial charge in [0.2, 0.25) is 5.91 Å². The van der Waals surface area contributed by atoms with E-state index in [1.165, 1.54) is 30.1 Å². The Morgan fingerprint density at radius 3 is 2.66 bits per heavy atom. The Hall–Kier alpha value is -3.20. The van der Waals surface area contributed by atoms with E-state index in [2.05, 4.69) is 9.88 Å². The van der Waals surface area contributed by atoms with Gasteiger partial charge in [-0.3, -0.25) is 14.5 Å². The van der Waals surface area contributed by atoms with E-state index in [1.807, 2.05) is 6.07 Å². The minimum absolute atomic E-state index is 0.0173. The van der Waals surface area contributed by atoms with E-state index in [1.54, 1.807) is 24.4 Å². The molecule has 2 unspecified atom stereocenters. The lowest BCUT2D eigenvalue weighted by atomic mass is 10.0. The van der Waals surface area contributed by atoms with Crippen molar-refractivity contribution >= 4 is 46.5 Å². The third kappa shape index (κ3) is 4.22. The average molecular weight is 515 g/mol. The summed E-state index contributed by atoms with van der Waals surface area (Å²) in [6.07, 6.45) is 2.50. The number of carbonyl (C=O) groups excluding carboxylic acids is 2. The molecule has 180 valence electrons. The Kier molecular flexibility index (Phi) is 6.13. The van der Waals surface area contributed by atoms with Gasteiger partial charge in [-0.1, -0.05) is 29.3 Å². The number of primary amides is 1. The van der Waals surface area contributed by atoms with Crippen molar-refractivity contribution < 1.29 is 18.7 Å². The highest BCUT2D eigenvalue weighted by atomic mass is 35.5. The number of hydrogen-bond donors (Lipinski definition) is 1. The SMILES string of the molecule is CN(C(=O)c1c(F)cccc1Cl)c1ncc(-c2cc(C(N)=O)ccc2Cl)cc1N1CC2CC1CO2. The first kappa shape index (κ1) is 23.5. The molecule has 0 aliphatic carbocycles. The molecule has 0 radical (unpaired) electrons. The Balaban J connectivity index is 1.61. The van der Waals surface area contributed by atoms with Gasteiger partial charge in [0.05, 0.1) is 35.0 Å². The largest absolute Gasteiger partial charge is 0.374 e. The second-order valence-electron chi connectivity index (χ2n) is 8.58. The number of fused-ring (bicyclic) bond motifs is 2. The molecule has 0 spiro atoms. The van der Waals surface area contributed by atoms with Crippen molar-refractivity contribution in [2.45, 2.75) is 18.6 Å². The number of nitrogens with zero attached hydrogens (tertiary/aromatic N) is 3. The van der Waals surface area contributed by atoms with Gasteiger partial charge >= 0.3 is 0 Å². The quantitative estimate of drug-likeness (QED) is 0.539. The molecule has 2 amide bonds. The molecule has 3 heterocycles. The van der Waals surface area contributed by atoms with E-state index in [4.69, 9.17) is 33.7 Å². The zero-order valence-corrected chi connectivity index (χ0v) is 20.2. The lowest BCUT2D eigenvalue weighted by Gasteiger charge is -2.32. The van der Waals surface area contributed by atoms with Crippen molar-refractivity contribution in [3.63, 3.8) is 0 Å². The summed E-state index contributed by atoms with van der Waals surface area (Å²) >= 11 is 12.6. The molecule has 2 aliphatic heterocycles. The third-order valence-electron chi connectivity index (χ3n) is 6.42. The zero-order valence-electron chi connectivity index (χ0n) is 18.7. The molecule has 2 N–H and O–H groups in total. The molecule has 2 bridgehead atoms. The van der Waals surface area contributed by atoms with Gasteiger partial charge in [0.25, 0.3) is 5.91 Å².